The van der Waals surface area contributed by atoms with E-state index in [1.54, 1.807) is 0 Å². The monoisotopic (exact) mass is 221 g/mol. The second-order valence-corrected chi connectivity index (χ2v) is 4.43. The Morgan fingerprint density at radius 1 is 1.47 bits per heavy atom. The second-order valence-electron chi connectivity index (χ2n) is 3.31. The largest absolute Gasteiger partial charge is 0.481 e. The Balaban J connectivity index is 2.47. The van der Waals surface area contributed by atoms with E-state index in [0.717, 1.165) is 15.0 Å². The molecule has 78 valence electrons. The highest BCUT2D eigenvalue weighted by Gasteiger charge is 2.19. The van der Waals surface area contributed by atoms with Crippen molar-refractivity contribution in [2.24, 2.45) is 5.73 Å². The van der Waals surface area contributed by atoms with Crippen LogP contribution in [-0.4, -0.2) is 17.6 Å². The fourth-order valence-electron chi connectivity index (χ4n) is 1.51. The molecule has 1 aromatic carbocycles. The van der Waals surface area contributed by atoms with Crippen molar-refractivity contribution in [1.29, 1.82) is 0 Å². The van der Waals surface area contributed by atoms with Gasteiger partial charge in [-0.25, -0.2) is 0 Å². The van der Waals surface area contributed by atoms with Crippen molar-refractivity contribution in [3.63, 3.8) is 0 Å². The molecule has 0 aliphatic heterocycles. The molecule has 1 unspecified atom stereocenters. The van der Waals surface area contributed by atoms with Gasteiger partial charge >= 0.3 is 5.97 Å². The minimum atomic E-state index is -0.857. The fraction of sp³-hybridized carbons (Fsp3) is 0.182. The molecular formula is C11H11NO2S. The van der Waals surface area contributed by atoms with Crippen LogP contribution in [0.15, 0.2) is 30.3 Å². The maximum Gasteiger partial charge on any atom is 0.313 e. The van der Waals surface area contributed by atoms with Crippen molar-refractivity contribution in [3.05, 3.63) is 35.2 Å². The number of thiophene rings is 1. The number of carboxylic acids is 1. The van der Waals surface area contributed by atoms with Gasteiger partial charge in [0, 0.05) is 16.1 Å². The number of nitrogens with two attached hydrogens (primary N) is 1. The average Bonchev–Trinajstić information content (AvgIpc) is 2.61. The van der Waals surface area contributed by atoms with Crippen LogP contribution in [0.2, 0.25) is 0 Å². The van der Waals surface area contributed by atoms with Crippen LogP contribution < -0.4 is 5.73 Å². The van der Waals surface area contributed by atoms with Crippen molar-refractivity contribution in [3.8, 4) is 0 Å². The first-order valence-electron chi connectivity index (χ1n) is 4.63. The third-order valence-electron chi connectivity index (χ3n) is 2.32. The van der Waals surface area contributed by atoms with Crippen LogP contribution in [0.25, 0.3) is 10.1 Å². The van der Waals surface area contributed by atoms with E-state index >= 15 is 0 Å². The van der Waals surface area contributed by atoms with Crippen LogP contribution >= 0.6 is 11.3 Å². The first-order chi connectivity index (χ1) is 7.22. The van der Waals surface area contributed by atoms with Gasteiger partial charge in [0.2, 0.25) is 0 Å². The smallest absolute Gasteiger partial charge is 0.313 e. The van der Waals surface area contributed by atoms with Crippen molar-refractivity contribution < 1.29 is 9.90 Å². The number of hydrogen-bond acceptors (Lipinski definition) is 3. The van der Waals surface area contributed by atoms with E-state index in [-0.39, 0.29) is 6.54 Å². The number of hydrogen-bond donors (Lipinski definition) is 2. The topological polar surface area (TPSA) is 63.3 Å². The Bertz CT molecular complexity index is 459. The summed E-state index contributed by atoms with van der Waals surface area (Å²) in [6.07, 6.45) is 0. The Labute approximate surface area is 91.1 Å². The summed E-state index contributed by atoms with van der Waals surface area (Å²) in [4.78, 5) is 11.8. The van der Waals surface area contributed by atoms with Crippen LogP contribution in [0.1, 0.15) is 10.8 Å². The van der Waals surface area contributed by atoms with Gasteiger partial charge in [0.15, 0.2) is 0 Å². The summed E-state index contributed by atoms with van der Waals surface area (Å²) in [5.41, 5.74) is 5.45. The minimum absolute atomic E-state index is 0.141. The van der Waals surface area contributed by atoms with Gasteiger partial charge in [-0.15, -0.1) is 11.3 Å². The van der Waals surface area contributed by atoms with Crippen molar-refractivity contribution in [2.75, 3.05) is 6.54 Å². The highest BCUT2D eigenvalue weighted by molar-refractivity contribution is 7.19. The van der Waals surface area contributed by atoms with Crippen molar-refractivity contribution in [1.82, 2.24) is 0 Å². The number of benzene rings is 1. The van der Waals surface area contributed by atoms with Crippen LogP contribution in [-0.2, 0) is 4.79 Å². The zero-order valence-electron chi connectivity index (χ0n) is 8.01. The molecule has 0 fully saturated rings. The molecule has 2 aromatic rings. The van der Waals surface area contributed by atoms with Crippen LogP contribution in [0.4, 0.5) is 0 Å². The Kier molecular flexibility index (Phi) is 2.70. The van der Waals surface area contributed by atoms with Gasteiger partial charge in [-0.2, -0.15) is 0 Å². The molecule has 4 heteroatoms. The second kappa shape index (κ2) is 4.00. The molecule has 15 heavy (non-hydrogen) atoms. The zero-order chi connectivity index (χ0) is 10.8. The quantitative estimate of drug-likeness (QED) is 0.833. The minimum Gasteiger partial charge on any atom is -0.481 e. The lowest BCUT2D eigenvalue weighted by Gasteiger charge is -2.05. The molecule has 1 atom stereocenters. The Morgan fingerprint density at radius 3 is 2.80 bits per heavy atom. The predicted molar refractivity (Wildman–Crippen MR) is 61.3 cm³/mol. The van der Waals surface area contributed by atoms with Gasteiger partial charge < -0.3 is 10.8 Å². The van der Waals surface area contributed by atoms with E-state index in [0.29, 0.717) is 0 Å². The number of rotatable bonds is 3. The van der Waals surface area contributed by atoms with E-state index in [1.165, 1.54) is 11.3 Å². The van der Waals surface area contributed by atoms with Gasteiger partial charge in [0.05, 0.1) is 0 Å². The van der Waals surface area contributed by atoms with Gasteiger partial charge in [-0.3, -0.25) is 4.79 Å². The van der Waals surface area contributed by atoms with Crippen LogP contribution in [0, 0.1) is 0 Å². The van der Waals surface area contributed by atoms with E-state index in [4.69, 9.17) is 10.8 Å². The van der Waals surface area contributed by atoms with Gasteiger partial charge in [-0.05, 0) is 17.5 Å². The number of aliphatic carboxylic acids is 1. The summed E-state index contributed by atoms with van der Waals surface area (Å²) in [5, 5.41) is 10.1. The van der Waals surface area contributed by atoms with E-state index < -0.39 is 11.9 Å². The lowest BCUT2D eigenvalue weighted by molar-refractivity contribution is -0.138. The van der Waals surface area contributed by atoms with Crippen molar-refractivity contribution >= 4 is 27.4 Å². The number of fused-ring (bicyclic) bond motifs is 1. The molecule has 3 N–H and O–H groups in total. The highest BCUT2D eigenvalue weighted by atomic mass is 32.1. The normalized spacial score (nSPS) is 12.9. The Morgan fingerprint density at radius 2 is 2.20 bits per heavy atom. The Hall–Kier alpha value is -1.39. The van der Waals surface area contributed by atoms with Gasteiger partial charge in [-0.1, -0.05) is 18.2 Å². The maximum atomic E-state index is 10.9. The highest BCUT2D eigenvalue weighted by Crippen LogP contribution is 2.30. The van der Waals surface area contributed by atoms with Crippen LogP contribution in [0.5, 0.6) is 0 Å². The van der Waals surface area contributed by atoms with Gasteiger partial charge in [0.25, 0.3) is 0 Å². The first-order valence-corrected chi connectivity index (χ1v) is 5.45. The van der Waals surface area contributed by atoms with E-state index in [2.05, 4.69) is 0 Å². The van der Waals surface area contributed by atoms with Crippen molar-refractivity contribution in [2.45, 2.75) is 5.92 Å². The lowest BCUT2D eigenvalue weighted by atomic mass is 10.1. The molecule has 0 amide bonds. The van der Waals surface area contributed by atoms with E-state index in [1.807, 2.05) is 30.3 Å². The first kappa shape index (κ1) is 10.1. The molecule has 0 bridgehead atoms. The molecule has 0 aliphatic rings. The molecule has 0 radical (unpaired) electrons. The molecule has 1 heterocycles. The molecular weight excluding hydrogens is 210 g/mol. The maximum absolute atomic E-state index is 10.9. The fourth-order valence-corrected chi connectivity index (χ4v) is 2.68. The number of carboxylic acid groups (broad SMARTS) is 1. The molecule has 0 saturated carbocycles. The molecule has 0 saturated heterocycles. The molecule has 0 aliphatic carbocycles. The zero-order valence-corrected chi connectivity index (χ0v) is 8.83. The average molecular weight is 221 g/mol. The summed E-state index contributed by atoms with van der Waals surface area (Å²) < 4.78 is 1.10. The lowest BCUT2D eigenvalue weighted by Crippen LogP contribution is -2.19. The summed E-state index contributed by atoms with van der Waals surface area (Å²) >= 11 is 1.50. The van der Waals surface area contributed by atoms with E-state index in [9.17, 15) is 4.79 Å². The third-order valence-corrected chi connectivity index (χ3v) is 3.55. The standard InChI is InChI=1S/C11H11NO2S/c12-6-8(11(13)14)10-5-7-3-1-2-4-9(7)15-10/h1-5,8H,6,12H2,(H,13,14). The van der Waals surface area contributed by atoms with Crippen LogP contribution in [0.3, 0.4) is 0 Å². The summed E-state index contributed by atoms with van der Waals surface area (Å²) in [6.45, 7) is 0.141. The predicted octanol–water partition coefficient (Wildman–Crippen LogP) is 2.03. The summed E-state index contributed by atoms with van der Waals surface area (Å²) in [6, 6.07) is 9.76. The third kappa shape index (κ3) is 1.86. The summed E-state index contributed by atoms with van der Waals surface area (Å²) in [7, 11) is 0. The number of carbonyl (C=O) groups is 1. The molecule has 1 aromatic heterocycles. The van der Waals surface area contributed by atoms with Gasteiger partial charge in [0.1, 0.15) is 5.92 Å². The summed E-state index contributed by atoms with van der Waals surface area (Å²) in [5.74, 6) is -1.44. The molecule has 2 rings (SSSR count). The molecule has 3 nitrogen and oxygen atoms in total. The SMILES string of the molecule is NCC(C(=O)O)c1cc2ccccc2s1. The molecule has 0 spiro atoms.